The van der Waals surface area contributed by atoms with Gasteiger partial charge in [-0.25, -0.2) is 0 Å². The van der Waals surface area contributed by atoms with Crippen LogP contribution in [0.3, 0.4) is 0 Å². The minimum absolute atomic E-state index is 0. The first-order valence-electron chi connectivity index (χ1n) is 19.8. The number of aromatic nitrogens is 4. The minimum atomic E-state index is 0. The second-order valence-corrected chi connectivity index (χ2v) is 13.5. The molecule has 4 aromatic rings. The van der Waals surface area contributed by atoms with Gasteiger partial charge in [-0.1, -0.05) is 130 Å². The van der Waals surface area contributed by atoms with Crippen molar-refractivity contribution in [1.29, 1.82) is 0 Å². The van der Waals surface area contributed by atoms with E-state index in [0.717, 1.165) is 22.8 Å². The Labute approximate surface area is 331 Å². The molecule has 0 bridgehead atoms. The van der Waals surface area contributed by atoms with Crippen LogP contribution in [0.5, 0.6) is 0 Å². The summed E-state index contributed by atoms with van der Waals surface area (Å²) in [7, 11) is 0. The molecule has 4 heterocycles. The minimum Gasteiger partial charge on any atom is -0.255 e. The fourth-order valence-corrected chi connectivity index (χ4v) is 6.70. The molecular formula is C45H67ClN4Pd. The predicted octanol–water partition coefficient (Wildman–Crippen LogP) is 14.4. The molecule has 51 heavy (non-hydrogen) atoms. The van der Waals surface area contributed by atoms with Crippen LogP contribution in [-0.2, 0) is 20.4 Å². The van der Waals surface area contributed by atoms with Gasteiger partial charge in [0.2, 0.25) is 0 Å². The van der Waals surface area contributed by atoms with Gasteiger partial charge in [0, 0.05) is 51.6 Å². The van der Waals surface area contributed by atoms with Crippen LogP contribution in [0, 0.1) is 0 Å². The summed E-state index contributed by atoms with van der Waals surface area (Å²) in [5.74, 6) is 1.32. The number of hydrogen-bond donors (Lipinski definition) is 0. The molecule has 0 aliphatic heterocycles. The molecule has 0 radical (unpaired) electrons. The number of hydrogen-bond acceptors (Lipinski definition) is 4. The van der Waals surface area contributed by atoms with E-state index >= 15 is 0 Å². The van der Waals surface area contributed by atoms with Gasteiger partial charge in [-0.3, -0.25) is 19.9 Å². The van der Waals surface area contributed by atoms with Gasteiger partial charge in [0.1, 0.15) is 0 Å². The van der Waals surface area contributed by atoms with Crippen molar-refractivity contribution in [3.05, 3.63) is 96.6 Å². The summed E-state index contributed by atoms with van der Waals surface area (Å²) >= 11 is 4.64. The molecule has 2 unspecified atom stereocenters. The molecule has 2 atom stereocenters. The van der Waals surface area contributed by atoms with Crippen molar-refractivity contribution in [1.82, 2.24) is 19.9 Å². The molecule has 6 heteroatoms. The molecule has 0 fully saturated rings. The second kappa shape index (κ2) is 31.1. The third kappa shape index (κ3) is 19.3. The summed E-state index contributed by atoms with van der Waals surface area (Å²) in [6.45, 7) is 9.13. The first-order valence-corrected chi connectivity index (χ1v) is 20.6. The summed E-state index contributed by atoms with van der Waals surface area (Å²) < 4.78 is 0. The van der Waals surface area contributed by atoms with Crippen LogP contribution in [-0.4, -0.2) is 26.3 Å². The third-order valence-electron chi connectivity index (χ3n) is 9.45. The van der Waals surface area contributed by atoms with Gasteiger partial charge in [-0.2, -0.15) is 0 Å². The smallest absolute Gasteiger partial charge is 0.0888 e. The largest absolute Gasteiger partial charge is 0.255 e. The second-order valence-electron chi connectivity index (χ2n) is 13.5. The van der Waals surface area contributed by atoms with E-state index < -0.39 is 0 Å². The normalized spacial score (nSPS) is 11.6. The average Bonchev–Trinajstić information content (AvgIpc) is 3.18. The maximum Gasteiger partial charge on any atom is 0.0888 e. The standard InChI is InChI=1S/2C22H32N2.CH3Cl.Pd/c2*1-3-5-6-7-8-9-13-19(12-4-2)20-15-17-24-22(18-20)21-14-10-11-16-23-21;1-2;/h2*10-11,14-19H,3-9,12-13H2,1-2H3;1H3;. The molecule has 4 aromatic heterocycles. The third-order valence-corrected chi connectivity index (χ3v) is 9.45. The van der Waals surface area contributed by atoms with Crippen molar-refractivity contribution < 1.29 is 20.4 Å². The quantitative estimate of drug-likeness (QED) is 0.0451. The molecule has 0 N–H and O–H groups in total. The van der Waals surface area contributed by atoms with E-state index in [9.17, 15) is 0 Å². The number of halogens is 1. The number of alkyl halides is 1. The number of unbranched alkanes of at least 4 members (excludes halogenated alkanes) is 10. The molecule has 0 saturated carbocycles. The molecule has 0 aliphatic carbocycles. The Bertz CT molecular complexity index is 1250. The maximum absolute atomic E-state index is 4.64. The van der Waals surface area contributed by atoms with Crippen LogP contribution < -0.4 is 0 Å². The molecule has 0 saturated heterocycles. The van der Waals surface area contributed by atoms with E-state index in [1.165, 1.54) is 133 Å². The van der Waals surface area contributed by atoms with Crippen LogP contribution in [0.1, 0.15) is 166 Å². The number of rotatable bonds is 22. The Balaban J connectivity index is 0.000000477. The molecule has 0 amide bonds. The van der Waals surface area contributed by atoms with E-state index in [-0.39, 0.29) is 20.4 Å². The van der Waals surface area contributed by atoms with E-state index in [1.54, 1.807) is 0 Å². The van der Waals surface area contributed by atoms with Gasteiger partial charge in [0.15, 0.2) is 0 Å². The van der Waals surface area contributed by atoms with Crippen LogP contribution in [0.2, 0.25) is 0 Å². The zero-order valence-corrected chi connectivity index (χ0v) is 34.8. The van der Waals surface area contributed by atoms with Gasteiger partial charge in [-0.05, 0) is 97.2 Å². The van der Waals surface area contributed by atoms with Crippen LogP contribution in [0.25, 0.3) is 22.8 Å². The molecule has 0 spiro atoms. The zero-order chi connectivity index (χ0) is 36.1. The Morgan fingerprint density at radius 2 is 0.784 bits per heavy atom. The fraction of sp³-hybridized carbons (Fsp3) is 0.556. The van der Waals surface area contributed by atoms with Gasteiger partial charge in [0.25, 0.3) is 0 Å². The van der Waals surface area contributed by atoms with Gasteiger partial charge in [0.05, 0.1) is 22.8 Å². The average molecular weight is 806 g/mol. The summed E-state index contributed by atoms with van der Waals surface area (Å²) in [6, 6.07) is 20.9. The summed E-state index contributed by atoms with van der Waals surface area (Å²) in [5, 5.41) is 0. The van der Waals surface area contributed by atoms with Crippen molar-refractivity contribution >= 4 is 11.6 Å². The molecule has 4 rings (SSSR count). The Morgan fingerprint density at radius 1 is 0.412 bits per heavy atom. The molecular weight excluding hydrogens is 738 g/mol. The number of pyridine rings is 4. The Hall–Kier alpha value is -2.45. The Kier molecular flexibility index (Phi) is 28.4. The molecule has 284 valence electrons. The first kappa shape index (κ1) is 46.6. The van der Waals surface area contributed by atoms with E-state index in [1.807, 2.05) is 61.2 Å². The fourth-order valence-electron chi connectivity index (χ4n) is 6.70. The van der Waals surface area contributed by atoms with Crippen molar-refractivity contribution in [2.75, 3.05) is 6.38 Å². The SMILES string of the molecule is CCCCCCCCC(CCC)c1ccnc(-c2ccccn2)c1.CCCCCCCCC(CCC)c1ccnc(-c2ccccn2)c1.CCl.[Pd]. The topological polar surface area (TPSA) is 51.6 Å². The first-order chi connectivity index (χ1) is 24.7. The summed E-state index contributed by atoms with van der Waals surface area (Å²) in [5.41, 5.74) is 6.79. The zero-order valence-electron chi connectivity index (χ0n) is 32.4. The van der Waals surface area contributed by atoms with E-state index in [2.05, 4.69) is 83.5 Å². The predicted molar refractivity (Wildman–Crippen MR) is 218 cm³/mol. The van der Waals surface area contributed by atoms with Crippen molar-refractivity contribution in [3.63, 3.8) is 0 Å². The van der Waals surface area contributed by atoms with Crippen molar-refractivity contribution in [2.45, 2.75) is 155 Å². The van der Waals surface area contributed by atoms with Gasteiger partial charge >= 0.3 is 0 Å². The van der Waals surface area contributed by atoms with Crippen molar-refractivity contribution in [2.24, 2.45) is 0 Å². The summed E-state index contributed by atoms with van der Waals surface area (Å²) in [6.07, 6.45) is 33.1. The number of nitrogens with zero attached hydrogens (tertiary/aromatic N) is 4. The maximum atomic E-state index is 4.64. The van der Waals surface area contributed by atoms with Crippen LogP contribution >= 0.6 is 11.6 Å². The summed E-state index contributed by atoms with van der Waals surface area (Å²) in [4.78, 5) is 17.9. The van der Waals surface area contributed by atoms with Crippen molar-refractivity contribution in [3.8, 4) is 22.8 Å². The molecule has 0 aromatic carbocycles. The van der Waals surface area contributed by atoms with Crippen LogP contribution in [0.15, 0.2) is 85.5 Å². The monoisotopic (exact) mass is 804 g/mol. The van der Waals surface area contributed by atoms with Gasteiger partial charge in [-0.15, -0.1) is 11.6 Å². The van der Waals surface area contributed by atoms with E-state index in [0.29, 0.717) is 11.8 Å². The Morgan fingerprint density at radius 3 is 1.14 bits per heavy atom. The van der Waals surface area contributed by atoms with Gasteiger partial charge < -0.3 is 0 Å². The molecule has 0 aliphatic rings. The van der Waals surface area contributed by atoms with Crippen LogP contribution in [0.4, 0.5) is 0 Å². The molecule has 4 nitrogen and oxygen atoms in total. The van der Waals surface area contributed by atoms with E-state index in [4.69, 9.17) is 0 Å².